The first-order chi connectivity index (χ1) is 13.5. The van der Waals surface area contributed by atoms with Crippen LogP contribution in [-0.4, -0.2) is 74.0 Å². The first-order valence-electron chi connectivity index (χ1n) is 9.66. The first kappa shape index (κ1) is 22.0. The SMILES string of the molecule is CS(=O)(=O)N1CCC(C(=O)N2CCN(Cc3ccc(C(F)(F)F)cc3)CC2)CC1. The zero-order valence-electron chi connectivity index (χ0n) is 16.4. The van der Waals surface area contributed by atoms with Crippen LogP contribution in [0.25, 0.3) is 0 Å². The van der Waals surface area contributed by atoms with E-state index < -0.39 is 21.8 Å². The third kappa shape index (κ3) is 5.70. The fourth-order valence-corrected chi connectivity index (χ4v) is 4.75. The Bertz CT molecular complexity index is 811. The highest BCUT2D eigenvalue weighted by atomic mass is 32.2. The van der Waals surface area contributed by atoms with Crippen LogP contribution in [0, 0.1) is 5.92 Å². The molecule has 0 aliphatic carbocycles. The number of hydrogen-bond acceptors (Lipinski definition) is 4. The van der Waals surface area contributed by atoms with Crippen LogP contribution in [0.4, 0.5) is 13.2 Å². The zero-order valence-corrected chi connectivity index (χ0v) is 17.2. The maximum atomic E-state index is 12.7. The van der Waals surface area contributed by atoms with Gasteiger partial charge in [0.25, 0.3) is 0 Å². The second-order valence-electron chi connectivity index (χ2n) is 7.73. The van der Waals surface area contributed by atoms with E-state index in [2.05, 4.69) is 4.90 Å². The molecule has 1 amide bonds. The summed E-state index contributed by atoms with van der Waals surface area (Å²) in [7, 11) is -3.21. The number of alkyl halides is 3. The van der Waals surface area contributed by atoms with Crippen molar-refractivity contribution in [2.75, 3.05) is 45.5 Å². The van der Waals surface area contributed by atoms with E-state index in [4.69, 9.17) is 0 Å². The van der Waals surface area contributed by atoms with E-state index in [0.717, 1.165) is 17.7 Å². The van der Waals surface area contributed by atoms with Crippen molar-refractivity contribution in [1.82, 2.24) is 14.1 Å². The van der Waals surface area contributed by atoms with Gasteiger partial charge in [0.2, 0.25) is 15.9 Å². The molecule has 2 saturated heterocycles. The van der Waals surface area contributed by atoms with Crippen molar-refractivity contribution in [2.45, 2.75) is 25.6 Å². The van der Waals surface area contributed by atoms with Crippen LogP contribution >= 0.6 is 0 Å². The summed E-state index contributed by atoms with van der Waals surface area (Å²) in [6.07, 6.45) is -2.07. The van der Waals surface area contributed by atoms with Crippen LogP contribution in [0.3, 0.4) is 0 Å². The fourth-order valence-electron chi connectivity index (χ4n) is 3.88. The minimum absolute atomic E-state index is 0.0762. The van der Waals surface area contributed by atoms with E-state index in [1.54, 1.807) is 0 Å². The Balaban J connectivity index is 1.46. The summed E-state index contributed by atoms with van der Waals surface area (Å²) in [5.74, 6) is -0.0678. The van der Waals surface area contributed by atoms with Gasteiger partial charge in [-0.05, 0) is 30.5 Å². The summed E-state index contributed by atoms with van der Waals surface area (Å²) in [5, 5.41) is 0. The molecule has 10 heteroatoms. The Morgan fingerprint density at radius 3 is 2.03 bits per heavy atom. The lowest BCUT2D eigenvalue weighted by Gasteiger charge is -2.38. The molecule has 6 nitrogen and oxygen atoms in total. The largest absolute Gasteiger partial charge is 0.416 e. The topological polar surface area (TPSA) is 60.9 Å². The van der Waals surface area contributed by atoms with Crippen molar-refractivity contribution in [1.29, 1.82) is 0 Å². The molecule has 162 valence electrons. The second-order valence-corrected chi connectivity index (χ2v) is 9.71. The summed E-state index contributed by atoms with van der Waals surface area (Å²) >= 11 is 0. The molecule has 0 aromatic heterocycles. The molecule has 0 radical (unpaired) electrons. The lowest BCUT2D eigenvalue weighted by molar-refractivity contribution is -0.138. The van der Waals surface area contributed by atoms with E-state index >= 15 is 0 Å². The van der Waals surface area contributed by atoms with Gasteiger partial charge in [0.1, 0.15) is 0 Å². The molecule has 29 heavy (non-hydrogen) atoms. The summed E-state index contributed by atoms with van der Waals surface area (Å²) in [5.41, 5.74) is 0.157. The highest BCUT2D eigenvalue weighted by Gasteiger charge is 2.33. The number of carbonyl (C=O) groups is 1. The van der Waals surface area contributed by atoms with Gasteiger partial charge in [0, 0.05) is 51.7 Å². The van der Waals surface area contributed by atoms with Gasteiger partial charge in [-0.3, -0.25) is 9.69 Å². The third-order valence-corrected chi connectivity index (χ3v) is 6.95. The molecule has 1 aromatic carbocycles. The van der Waals surface area contributed by atoms with Gasteiger partial charge in [0.15, 0.2) is 0 Å². The van der Waals surface area contributed by atoms with Crippen molar-refractivity contribution >= 4 is 15.9 Å². The summed E-state index contributed by atoms with van der Waals surface area (Å²) < 4.78 is 62.5. The summed E-state index contributed by atoms with van der Waals surface area (Å²) in [6, 6.07) is 5.18. The predicted octanol–water partition coefficient (Wildman–Crippen LogP) is 2.02. The third-order valence-electron chi connectivity index (χ3n) is 5.64. The Morgan fingerprint density at radius 2 is 1.55 bits per heavy atom. The Hall–Kier alpha value is -1.65. The number of piperazine rings is 1. The van der Waals surface area contributed by atoms with Crippen LogP contribution in [0.15, 0.2) is 24.3 Å². The number of rotatable bonds is 4. The van der Waals surface area contributed by atoms with E-state index in [9.17, 15) is 26.4 Å². The molecule has 3 rings (SSSR count). The number of halogens is 3. The number of carbonyl (C=O) groups excluding carboxylic acids is 1. The predicted molar refractivity (Wildman–Crippen MR) is 102 cm³/mol. The summed E-state index contributed by atoms with van der Waals surface area (Å²) in [4.78, 5) is 16.7. The van der Waals surface area contributed by atoms with Crippen molar-refractivity contribution in [3.8, 4) is 0 Å². The average Bonchev–Trinajstić information content (AvgIpc) is 2.67. The smallest absolute Gasteiger partial charge is 0.340 e. The number of sulfonamides is 1. The van der Waals surface area contributed by atoms with Gasteiger partial charge >= 0.3 is 6.18 Å². The van der Waals surface area contributed by atoms with Crippen molar-refractivity contribution < 1.29 is 26.4 Å². The lowest BCUT2D eigenvalue weighted by Crippen LogP contribution is -2.51. The highest BCUT2D eigenvalue weighted by Crippen LogP contribution is 2.29. The molecular formula is C19H26F3N3O3S. The van der Waals surface area contributed by atoms with Gasteiger partial charge in [-0.2, -0.15) is 13.2 Å². The highest BCUT2D eigenvalue weighted by molar-refractivity contribution is 7.88. The molecule has 0 bridgehead atoms. The van der Waals surface area contributed by atoms with E-state index in [-0.39, 0.29) is 11.8 Å². The van der Waals surface area contributed by atoms with Crippen LogP contribution < -0.4 is 0 Å². The van der Waals surface area contributed by atoms with Gasteiger partial charge < -0.3 is 4.90 Å². The van der Waals surface area contributed by atoms with Gasteiger partial charge in [-0.1, -0.05) is 12.1 Å². The fraction of sp³-hybridized carbons (Fsp3) is 0.632. The molecule has 0 spiro atoms. The lowest BCUT2D eigenvalue weighted by atomic mass is 9.96. The molecule has 2 fully saturated rings. The Morgan fingerprint density at radius 1 is 1.00 bits per heavy atom. The van der Waals surface area contributed by atoms with Gasteiger partial charge in [0.05, 0.1) is 11.8 Å². The van der Waals surface area contributed by atoms with Gasteiger partial charge in [-0.25, -0.2) is 12.7 Å². The molecule has 0 N–H and O–H groups in total. The van der Waals surface area contributed by atoms with Crippen LogP contribution in [0.2, 0.25) is 0 Å². The van der Waals surface area contributed by atoms with Gasteiger partial charge in [-0.15, -0.1) is 0 Å². The van der Waals surface area contributed by atoms with E-state index in [1.165, 1.54) is 22.7 Å². The van der Waals surface area contributed by atoms with Crippen LogP contribution in [0.1, 0.15) is 24.0 Å². The number of nitrogens with zero attached hydrogens (tertiary/aromatic N) is 3. The van der Waals surface area contributed by atoms with E-state index in [0.29, 0.717) is 58.7 Å². The molecule has 2 heterocycles. The maximum Gasteiger partial charge on any atom is 0.416 e. The average molecular weight is 433 g/mol. The standard InChI is InChI=1S/C19H26F3N3O3S/c1-29(27,28)25-8-6-16(7-9-25)18(26)24-12-10-23(11-13-24)14-15-2-4-17(5-3-15)19(20,21)22/h2-5,16H,6-14H2,1H3. The molecule has 1 aromatic rings. The van der Waals surface area contributed by atoms with Crippen molar-refractivity contribution in [2.24, 2.45) is 5.92 Å². The molecule has 0 saturated carbocycles. The maximum absolute atomic E-state index is 12.7. The van der Waals surface area contributed by atoms with Crippen molar-refractivity contribution in [3.63, 3.8) is 0 Å². The normalized spacial score (nSPS) is 20.8. The molecule has 2 aliphatic heterocycles. The molecule has 0 atom stereocenters. The Kier molecular flexibility index (Phi) is 6.54. The monoisotopic (exact) mass is 433 g/mol. The molecular weight excluding hydrogens is 407 g/mol. The van der Waals surface area contributed by atoms with Crippen LogP contribution in [-0.2, 0) is 27.5 Å². The van der Waals surface area contributed by atoms with E-state index in [1.807, 2.05) is 4.90 Å². The number of benzene rings is 1. The van der Waals surface area contributed by atoms with Crippen molar-refractivity contribution in [3.05, 3.63) is 35.4 Å². The number of hydrogen-bond donors (Lipinski definition) is 0. The Labute approximate surface area is 169 Å². The quantitative estimate of drug-likeness (QED) is 0.729. The molecule has 2 aliphatic rings. The molecule has 0 unspecified atom stereocenters. The second kappa shape index (κ2) is 8.61. The first-order valence-corrected chi connectivity index (χ1v) is 11.5. The zero-order chi connectivity index (χ0) is 21.2. The van der Waals surface area contributed by atoms with Crippen LogP contribution in [0.5, 0.6) is 0 Å². The minimum Gasteiger partial charge on any atom is -0.340 e. The summed E-state index contributed by atoms with van der Waals surface area (Å²) in [6.45, 7) is 3.78. The minimum atomic E-state index is -4.33. The number of piperidine rings is 1. The number of amides is 1.